The van der Waals surface area contributed by atoms with Crippen LogP contribution in [0, 0.1) is 0 Å². The van der Waals surface area contributed by atoms with E-state index in [9.17, 15) is 4.79 Å². The Morgan fingerprint density at radius 1 is 1.11 bits per heavy atom. The van der Waals surface area contributed by atoms with Crippen molar-refractivity contribution >= 4 is 11.8 Å². The lowest BCUT2D eigenvalue weighted by molar-refractivity contribution is 0.160. The fourth-order valence-corrected chi connectivity index (χ4v) is 1.67. The molecule has 1 aromatic carbocycles. The highest BCUT2D eigenvalue weighted by atomic mass is 16.5. The topological polar surface area (TPSA) is 51.2 Å². The van der Waals surface area contributed by atoms with Crippen molar-refractivity contribution in [2.45, 2.75) is 12.8 Å². The average Bonchev–Trinajstić information content (AvgIpc) is 2.46. The third kappa shape index (κ3) is 4.79. The van der Waals surface area contributed by atoms with Crippen LogP contribution in [0.5, 0.6) is 0 Å². The number of benzene rings is 1. The number of rotatable bonds is 5. The van der Waals surface area contributed by atoms with Crippen molar-refractivity contribution < 1.29 is 9.53 Å². The van der Waals surface area contributed by atoms with Crippen LogP contribution in [0.25, 0.3) is 0 Å². The van der Waals surface area contributed by atoms with E-state index < -0.39 is 6.09 Å². The zero-order valence-electron chi connectivity index (χ0n) is 10.6. The number of hydrogen-bond donors (Lipinski definition) is 1. The van der Waals surface area contributed by atoms with Crippen LogP contribution in [-0.2, 0) is 11.2 Å². The third-order valence-electron chi connectivity index (χ3n) is 2.61. The molecular weight excluding hydrogens is 240 g/mol. The van der Waals surface area contributed by atoms with E-state index in [1.165, 1.54) is 5.56 Å². The first-order chi connectivity index (χ1) is 9.34. The van der Waals surface area contributed by atoms with Gasteiger partial charge in [0.2, 0.25) is 0 Å². The lowest BCUT2D eigenvalue weighted by atomic mass is 10.1. The maximum Gasteiger partial charge on any atom is 0.411 e. The molecule has 0 aliphatic rings. The molecule has 1 N–H and O–H groups in total. The number of anilines is 1. The minimum Gasteiger partial charge on any atom is -0.449 e. The Balaban J connectivity index is 1.65. The Morgan fingerprint density at radius 3 is 2.58 bits per heavy atom. The molecule has 0 aliphatic heterocycles. The fourth-order valence-electron chi connectivity index (χ4n) is 1.67. The van der Waals surface area contributed by atoms with Gasteiger partial charge in [-0.05, 0) is 42.7 Å². The summed E-state index contributed by atoms with van der Waals surface area (Å²) in [5.74, 6) is 0. The molecule has 0 saturated heterocycles. The molecule has 0 bridgehead atoms. The molecule has 0 radical (unpaired) electrons. The Bertz CT molecular complexity index is 500. The monoisotopic (exact) mass is 256 g/mol. The summed E-state index contributed by atoms with van der Waals surface area (Å²) < 4.78 is 5.10. The van der Waals surface area contributed by atoms with Crippen molar-refractivity contribution in [3.63, 3.8) is 0 Å². The summed E-state index contributed by atoms with van der Waals surface area (Å²) in [6.45, 7) is 0.404. The van der Waals surface area contributed by atoms with Crippen molar-refractivity contribution in [2.75, 3.05) is 11.9 Å². The zero-order valence-corrected chi connectivity index (χ0v) is 10.6. The summed E-state index contributed by atoms with van der Waals surface area (Å²) in [7, 11) is 0. The van der Waals surface area contributed by atoms with Gasteiger partial charge in [-0.25, -0.2) is 4.79 Å². The number of aryl methyl sites for hydroxylation is 1. The number of ether oxygens (including phenoxy) is 1. The van der Waals surface area contributed by atoms with E-state index >= 15 is 0 Å². The van der Waals surface area contributed by atoms with Gasteiger partial charge in [0, 0.05) is 18.1 Å². The van der Waals surface area contributed by atoms with Crippen LogP contribution < -0.4 is 5.32 Å². The minimum atomic E-state index is -0.416. The van der Waals surface area contributed by atoms with E-state index in [-0.39, 0.29) is 0 Å². The lowest BCUT2D eigenvalue weighted by Crippen LogP contribution is -2.14. The van der Waals surface area contributed by atoms with Crippen molar-refractivity contribution in [1.82, 2.24) is 4.98 Å². The van der Waals surface area contributed by atoms with Crippen molar-refractivity contribution in [2.24, 2.45) is 0 Å². The Hall–Kier alpha value is -2.36. The van der Waals surface area contributed by atoms with Crippen molar-refractivity contribution in [3.8, 4) is 0 Å². The molecular formula is C15H16N2O2. The van der Waals surface area contributed by atoms with Crippen LogP contribution in [0.2, 0.25) is 0 Å². The Labute approximate surface area is 112 Å². The first kappa shape index (κ1) is 13.1. The van der Waals surface area contributed by atoms with Crippen LogP contribution >= 0.6 is 0 Å². The highest BCUT2D eigenvalue weighted by molar-refractivity contribution is 5.84. The van der Waals surface area contributed by atoms with E-state index in [0.717, 1.165) is 18.5 Å². The molecule has 19 heavy (non-hydrogen) atoms. The molecule has 1 amide bonds. The van der Waals surface area contributed by atoms with Gasteiger partial charge in [-0.3, -0.25) is 10.3 Å². The molecule has 0 atom stereocenters. The maximum absolute atomic E-state index is 11.5. The van der Waals surface area contributed by atoms with Crippen LogP contribution in [-0.4, -0.2) is 17.7 Å². The minimum absolute atomic E-state index is 0.404. The van der Waals surface area contributed by atoms with Gasteiger partial charge in [0.05, 0.1) is 6.61 Å². The van der Waals surface area contributed by atoms with Crippen LogP contribution in [0.1, 0.15) is 12.0 Å². The summed E-state index contributed by atoms with van der Waals surface area (Å²) in [6.07, 6.45) is 4.78. The molecule has 0 unspecified atom stereocenters. The highest BCUT2D eigenvalue weighted by Gasteiger charge is 2.02. The molecule has 1 aromatic heterocycles. The van der Waals surface area contributed by atoms with E-state index in [1.807, 2.05) is 42.5 Å². The number of carbonyl (C=O) groups is 1. The SMILES string of the molecule is O=C(Nc1ccccc1)OCCCc1ccncc1. The molecule has 4 nitrogen and oxygen atoms in total. The summed E-state index contributed by atoms with van der Waals surface area (Å²) in [4.78, 5) is 15.4. The van der Waals surface area contributed by atoms with Crippen LogP contribution in [0.15, 0.2) is 54.9 Å². The fraction of sp³-hybridized carbons (Fsp3) is 0.200. The van der Waals surface area contributed by atoms with E-state index in [1.54, 1.807) is 12.4 Å². The number of nitrogens with zero attached hydrogens (tertiary/aromatic N) is 1. The number of aromatic nitrogens is 1. The normalized spacial score (nSPS) is 9.89. The third-order valence-corrected chi connectivity index (χ3v) is 2.61. The summed E-state index contributed by atoms with van der Waals surface area (Å²) >= 11 is 0. The predicted molar refractivity (Wildman–Crippen MR) is 74.0 cm³/mol. The maximum atomic E-state index is 11.5. The highest BCUT2D eigenvalue weighted by Crippen LogP contribution is 2.06. The summed E-state index contributed by atoms with van der Waals surface area (Å²) in [5, 5.41) is 2.67. The number of nitrogens with one attached hydrogen (secondary N) is 1. The number of pyridine rings is 1. The van der Waals surface area contributed by atoms with Crippen molar-refractivity contribution in [1.29, 1.82) is 0 Å². The van der Waals surface area contributed by atoms with E-state index in [0.29, 0.717) is 6.61 Å². The van der Waals surface area contributed by atoms with E-state index in [2.05, 4.69) is 10.3 Å². The lowest BCUT2D eigenvalue weighted by Gasteiger charge is -2.06. The molecule has 0 fully saturated rings. The van der Waals surface area contributed by atoms with Gasteiger partial charge in [-0.15, -0.1) is 0 Å². The van der Waals surface area contributed by atoms with Gasteiger partial charge in [-0.1, -0.05) is 18.2 Å². The average molecular weight is 256 g/mol. The van der Waals surface area contributed by atoms with Gasteiger partial charge in [-0.2, -0.15) is 0 Å². The molecule has 1 heterocycles. The first-order valence-corrected chi connectivity index (χ1v) is 6.22. The van der Waals surface area contributed by atoms with E-state index in [4.69, 9.17) is 4.74 Å². The summed E-state index contributed by atoms with van der Waals surface area (Å²) in [6, 6.07) is 13.2. The smallest absolute Gasteiger partial charge is 0.411 e. The quantitative estimate of drug-likeness (QED) is 0.835. The van der Waals surface area contributed by atoms with Gasteiger partial charge in [0.15, 0.2) is 0 Å². The predicted octanol–water partition coefficient (Wildman–Crippen LogP) is 3.26. The molecule has 0 saturated carbocycles. The summed E-state index contributed by atoms with van der Waals surface area (Å²) in [5.41, 5.74) is 1.93. The Morgan fingerprint density at radius 2 is 1.84 bits per heavy atom. The molecule has 0 spiro atoms. The second kappa shape index (κ2) is 7.16. The molecule has 98 valence electrons. The second-order valence-corrected chi connectivity index (χ2v) is 4.09. The van der Waals surface area contributed by atoms with Gasteiger partial charge in [0.25, 0.3) is 0 Å². The molecule has 4 heteroatoms. The first-order valence-electron chi connectivity index (χ1n) is 6.22. The Kier molecular flexibility index (Phi) is 4.93. The zero-order chi connectivity index (χ0) is 13.3. The largest absolute Gasteiger partial charge is 0.449 e. The van der Waals surface area contributed by atoms with Crippen LogP contribution in [0.4, 0.5) is 10.5 Å². The molecule has 0 aliphatic carbocycles. The van der Waals surface area contributed by atoms with Gasteiger partial charge >= 0.3 is 6.09 Å². The number of hydrogen-bond acceptors (Lipinski definition) is 3. The van der Waals surface area contributed by atoms with Crippen molar-refractivity contribution in [3.05, 3.63) is 60.4 Å². The van der Waals surface area contributed by atoms with Gasteiger partial charge in [0.1, 0.15) is 0 Å². The van der Waals surface area contributed by atoms with Crippen LogP contribution in [0.3, 0.4) is 0 Å². The van der Waals surface area contributed by atoms with Gasteiger partial charge < -0.3 is 4.74 Å². The molecule has 2 aromatic rings. The standard InChI is InChI=1S/C15H16N2O2/c18-15(17-14-6-2-1-3-7-14)19-12-4-5-13-8-10-16-11-9-13/h1-3,6-11H,4-5,12H2,(H,17,18). The second-order valence-electron chi connectivity index (χ2n) is 4.09. The molecule has 2 rings (SSSR count). The number of para-hydroxylation sites is 1. The number of carbonyl (C=O) groups excluding carboxylic acids is 1. The number of amides is 1.